The van der Waals surface area contributed by atoms with E-state index in [-0.39, 0.29) is 5.91 Å². The van der Waals surface area contributed by atoms with Crippen LogP contribution in [-0.4, -0.2) is 43.5 Å². The number of anilines is 1. The standard InChI is InChI=1S/C16H19N3O/c20-16(12-19-10-8-17-9-11-19)18-15-7-3-5-13-4-1-2-6-14(13)15/h1-7,17H,8-12H2,(H,18,20). The van der Waals surface area contributed by atoms with Gasteiger partial charge in [0.2, 0.25) is 5.91 Å². The number of fused-ring (bicyclic) bond motifs is 1. The molecule has 1 amide bonds. The molecule has 2 N–H and O–H groups in total. The summed E-state index contributed by atoms with van der Waals surface area (Å²) in [6, 6.07) is 14.1. The Bertz CT molecular complexity index is 600. The van der Waals surface area contributed by atoms with Crippen molar-refractivity contribution in [2.75, 3.05) is 38.0 Å². The van der Waals surface area contributed by atoms with Crippen molar-refractivity contribution < 1.29 is 4.79 Å². The Morgan fingerprint density at radius 3 is 2.70 bits per heavy atom. The summed E-state index contributed by atoms with van der Waals surface area (Å²) in [5.74, 6) is 0.0586. The molecule has 2 aromatic rings. The van der Waals surface area contributed by atoms with Gasteiger partial charge in [-0.05, 0) is 11.5 Å². The van der Waals surface area contributed by atoms with E-state index >= 15 is 0 Å². The monoisotopic (exact) mass is 269 g/mol. The molecule has 0 bridgehead atoms. The van der Waals surface area contributed by atoms with E-state index in [1.54, 1.807) is 0 Å². The maximum atomic E-state index is 12.2. The van der Waals surface area contributed by atoms with Crippen LogP contribution in [0.5, 0.6) is 0 Å². The van der Waals surface area contributed by atoms with Crippen molar-refractivity contribution in [2.45, 2.75) is 0 Å². The molecule has 20 heavy (non-hydrogen) atoms. The lowest BCUT2D eigenvalue weighted by molar-refractivity contribution is -0.117. The highest BCUT2D eigenvalue weighted by molar-refractivity contribution is 6.02. The van der Waals surface area contributed by atoms with E-state index in [2.05, 4.69) is 27.7 Å². The van der Waals surface area contributed by atoms with Gasteiger partial charge in [-0.25, -0.2) is 0 Å². The molecule has 0 saturated carbocycles. The smallest absolute Gasteiger partial charge is 0.238 e. The van der Waals surface area contributed by atoms with Gasteiger partial charge in [0, 0.05) is 37.3 Å². The molecule has 3 rings (SSSR count). The molecule has 0 spiro atoms. The highest BCUT2D eigenvalue weighted by Gasteiger charge is 2.14. The average molecular weight is 269 g/mol. The fourth-order valence-electron chi connectivity index (χ4n) is 2.60. The number of nitrogens with zero attached hydrogens (tertiary/aromatic N) is 1. The topological polar surface area (TPSA) is 44.4 Å². The van der Waals surface area contributed by atoms with Crippen molar-refractivity contribution in [3.05, 3.63) is 42.5 Å². The van der Waals surface area contributed by atoms with Gasteiger partial charge < -0.3 is 10.6 Å². The van der Waals surface area contributed by atoms with Gasteiger partial charge in [-0.2, -0.15) is 0 Å². The minimum Gasteiger partial charge on any atom is -0.324 e. The third-order valence-corrected chi connectivity index (χ3v) is 3.64. The normalized spacial score (nSPS) is 16.2. The lowest BCUT2D eigenvalue weighted by atomic mass is 10.1. The van der Waals surface area contributed by atoms with Crippen LogP contribution in [0.1, 0.15) is 0 Å². The second-order valence-electron chi connectivity index (χ2n) is 5.10. The minimum absolute atomic E-state index is 0.0586. The molecule has 4 nitrogen and oxygen atoms in total. The number of carbonyl (C=O) groups is 1. The van der Waals surface area contributed by atoms with E-state index in [1.807, 2.05) is 30.3 Å². The van der Waals surface area contributed by atoms with Crippen LogP contribution < -0.4 is 10.6 Å². The van der Waals surface area contributed by atoms with Gasteiger partial charge in [0.15, 0.2) is 0 Å². The molecule has 1 saturated heterocycles. The van der Waals surface area contributed by atoms with Crippen molar-refractivity contribution in [2.24, 2.45) is 0 Å². The number of hydrogen-bond acceptors (Lipinski definition) is 3. The second-order valence-corrected chi connectivity index (χ2v) is 5.10. The van der Waals surface area contributed by atoms with Crippen molar-refractivity contribution >= 4 is 22.4 Å². The van der Waals surface area contributed by atoms with Crippen molar-refractivity contribution in [3.8, 4) is 0 Å². The van der Waals surface area contributed by atoms with Crippen molar-refractivity contribution in [1.82, 2.24) is 10.2 Å². The summed E-state index contributed by atoms with van der Waals surface area (Å²) >= 11 is 0. The zero-order valence-corrected chi connectivity index (χ0v) is 11.4. The first-order valence-corrected chi connectivity index (χ1v) is 7.03. The molecular formula is C16H19N3O. The SMILES string of the molecule is O=C(CN1CCNCC1)Nc1cccc2ccccc12. The van der Waals surface area contributed by atoms with Gasteiger partial charge in [0.25, 0.3) is 0 Å². The summed E-state index contributed by atoms with van der Waals surface area (Å²) in [6.07, 6.45) is 0. The Hall–Kier alpha value is -1.91. The van der Waals surface area contributed by atoms with E-state index < -0.39 is 0 Å². The summed E-state index contributed by atoms with van der Waals surface area (Å²) < 4.78 is 0. The Kier molecular flexibility index (Phi) is 3.95. The Labute approximate surface area is 118 Å². The molecule has 2 aromatic carbocycles. The van der Waals surface area contributed by atoms with Crippen LogP contribution in [0, 0.1) is 0 Å². The zero-order valence-electron chi connectivity index (χ0n) is 11.4. The first-order chi connectivity index (χ1) is 9.83. The molecule has 0 radical (unpaired) electrons. The first-order valence-electron chi connectivity index (χ1n) is 7.03. The van der Waals surface area contributed by atoms with E-state index in [4.69, 9.17) is 0 Å². The number of benzene rings is 2. The number of piperazine rings is 1. The number of nitrogens with one attached hydrogen (secondary N) is 2. The number of amides is 1. The third kappa shape index (κ3) is 2.98. The first kappa shape index (κ1) is 13.1. The van der Waals surface area contributed by atoms with Crippen LogP contribution in [0.4, 0.5) is 5.69 Å². The Morgan fingerprint density at radius 2 is 1.85 bits per heavy atom. The van der Waals surface area contributed by atoms with Crippen LogP contribution >= 0.6 is 0 Å². The van der Waals surface area contributed by atoms with Gasteiger partial charge in [-0.15, -0.1) is 0 Å². The van der Waals surface area contributed by atoms with Crippen LogP contribution in [0.25, 0.3) is 10.8 Å². The maximum Gasteiger partial charge on any atom is 0.238 e. The quantitative estimate of drug-likeness (QED) is 0.891. The summed E-state index contributed by atoms with van der Waals surface area (Å²) in [5, 5.41) is 8.55. The third-order valence-electron chi connectivity index (χ3n) is 3.64. The summed E-state index contributed by atoms with van der Waals surface area (Å²) in [4.78, 5) is 14.3. The lowest BCUT2D eigenvalue weighted by Crippen LogP contribution is -2.46. The molecule has 0 aromatic heterocycles. The van der Waals surface area contributed by atoms with E-state index in [1.165, 1.54) is 0 Å². The van der Waals surface area contributed by atoms with Gasteiger partial charge in [0.05, 0.1) is 6.54 Å². The molecule has 1 aliphatic heterocycles. The maximum absolute atomic E-state index is 12.2. The highest BCUT2D eigenvalue weighted by atomic mass is 16.2. The molecule has 1 aliphatic rings. The summed E-state index contributed by atoms with van der Waals surface area (Å²) in [7, 11) is 0. The predicted molar refractivity (Wildman–Crippen MR) is 81.9 cm³/mol. The summed E-state index contributed by atoms with van der Waals surface area (Å²) in [5.41, 5.74) is 0.892. The molecule has 104 valence electrons. The lowest BCUT2D eigenvalue weighted by Gasteiger charge is -2.26. The molecule has 0 unspecified atom stereocenters. The largest absolute Gasteiger partial charge is 0.324 e. The van der Waals surface area contributed by atoms with E-state index in [9.17, 15) is 4.79 Å². The van der Waals surface area contributed by atoms with E-state index in [0.29, 0.717) is 6.54 Å². The molecule has 0 atom stereocenters. The molecule has 0 aliphatic carbocycles. The predicted octanol–water partition coefficient (Wildman–Crippen LogP) is 1.68. The zero-order chi connectivity index (χ0) is 13.8. The van der Waals surface area contributed by atoms with Crippen LogP contribution in [0.3, 0.4) is 0 Å². The summed E-state index contributed by atoms with van der Waals surface area (Å²) in [6.45, 7) is 4.25. The van der Waals surface area contributed by atoms with Crippen LogP contribution in [-0.2, 0) is 4.79 Å². The van der Waals surface area contributed by atoms with Gasteiger partial charge in [-0.3, -0.25) is 9.69 Å². The molecule has 4 heteroatoms. The highest BCUT2D eigenvalue weighted by Crippen LogP contribution is 2.22. The van der Waals surface area contributed by atoms with Crippen LogP contribution in [0.15, 0.2) is 42.5 Å². The number of carbonyl (C=O) groups excluding carboxylic acids is 1. The van der Waals surface area contributed by atoms with Crippen LogP contribution in [0.2, 0.25) is 0 Å². The van der Waals surface area contributed by atoms with Crippen molar-refractivity contribution in [1.29, 1.82) is 0 Å². The number of rotatable bonds is 3. The van der Waals surface area contributed by atoms with E-state index in [0.717, 1.165) is 42.6 Å². The fraction of sp³-hybridized carbons (Fsp3) is 0.312. The molecule has 1 fully saturated rings. The average Bonchev–Trinajstić information content (AvgIpc) is 2.48. The second kappa shape index (κ2) is 6.03. The molecular weight excluding hydrogens is 250 g/mol. The number of hydrogen-bond donors (Lipinski definition) is 2. The Morgan fingerprint density at radius 1 is 1.10 bits per heavy atom. The van der Waals surface area contributed by atoms with Gasteiger partial charge in [0.1, 0.15) is 0 Å². The van der Waals surface area contributed by atoms with Gasteiger partial charge in [-0.1, -0.05) is 36.4 Å². The van der Waals surface area contributed by atoms with Gasteiger partial charge >= 0.3 is 0 Å². The minimum atomic E-state index is 0.0586. The molecule has 1 heterocycles. The Balaban J connectivity index is 1.71. The van der Waals surface area contributed by atoms with Crippen molar-refractivity contribution in [3.63, 3.8) is 0 Å². The fourth-order valence-corrected chi connectivity index (χ4v) is 2.60.